The normalized spacial score (nSPS) is 18.3. The maximum atomic E-state index is 11.4. The van der Waals surface area contributed by atoms with Crippen LogP contribution in [0, 0.1) is 5.92 Å². The summed E-state index contributed by atoms with van der Waals surface area (Å²) in [4.78, 5) is 20.6. The number of carbonyl (C=O) groups excluding carboxylic acids is 1. The summed E-state index contributed by atoms with van der Waals surface area (Å²) < 4.78 is 0. The summed E-state index contributed by atoms with van der Waals surface area (Å²) in [6.45, 7) is 10.9. The highest BCUT2D eigenvalue weighted by molar-refractivity contribution is 14.0. The van der Waals surface area contributed by atoms with Crippen LogP contribution in [0.5, 0.6) is 0 Å². The smallest absolute Gasteiger partial charge is 0.221 e. The lowest BCUT2D eigenvalue weighted by molar-refractivity contribution is -0.123. The molecule has 1 aromatic rings. The molecule has 1 aliphatic heterocycles. The molecule has 1 heterocycles. The second kappa shape index (κ2) is 15.4. The Labute approximate surface area is 205 Å². The van der Waals surface area contributed by atoms with Crippen LogP contribution in [0.1, 0.15) is 44.7 Å². The van der Waals surface area contributed by atoms with Gasteiger partial charge in [0.05, 0.1) is 12.0 Å². The van der Waals surface area contributed by atoms with Crippen molar-refractivity contribution >= 4 is 35.8 Å². The number of carbonyl (C=O) groups is 1. The van der Waals surface area contributed by atoms with Crippen LogP contribution in [0.4, 0.5) is 0 Å². The molecule has 2 atom stereocenters. The molecule has 1 amide bonds. The molecule has 1 fully saturated rings. The van der Waals surface area contributed by atoms with Gasteiger partial charge in [0, 0.05) is 26.7 Å². The SMILES string of the molecule is CCN(CC)C(CNC(=NC)NCCCN1CCCC(C(N)=O)C1)c1ccccc1.I. The maximum Gasteiger partial charge on any atom is 0.221 e. The molecule has 0 aliphatic carbocycles. The van der Waals surface area contributed by atoms with Gasteiger partial charge in [0.15, 0.2) is 5.96 Å². The van der Waals surface area contributed by atoms with E-state index in [1.807, 2.05) is 7.05 Å². The maximum absolute atomic E-state index is 11.4. The van der Waals surface area contributed by atoms with E-state index in [1.165, 1.54) is 5.56 Å². The van der Waals surface area contributed by atoms with Crippen molar-refractivity contribution in [3.05, 3.63) is 35.9 Å². The number of halogens is 1. The van der Waals surface area contributed by atoms with E-state index in [1.54, 1.807) is 0 Å². The third kappa shape index (κ3) is 9.33. The number of guanidine groups is 1. The molecule has 0 spiro atoms. The highest BCUT2D eigenvalue weighted by atomic mass is 127. The number of nitrogens with one attached hydrogen (secondary N) is 2. The molecule has 4 N–H and O–H groups in total. The first-order valence-corrected chi connectivity index (χ1v) is 11.3. The Morgan fingerprint density at radius 2 is 1.97 bits per heavy atom. The summed E-state index contributed by atoms with van der Waals surface area (Å²) in [7, 11) is 1.81. The standard InChI is InChI=1S/C23H40N6O.HI/c1-4-29(5-2)21(19-11-7-6-8-12-19)17-27-23(25-3)26-14-10-16-28-15-9-13-20(18-28)22(24)30;/h6-8,11-12,20-21H,4-5,9-10,13-18H2,1-3H3,(H2,24,30)(H2,25,26,27);1H. The van der Waals surface area contributed by atoms with Gasteiger partial charge in [-0.1, -0.05) is 44.2 Å². The van der Waals surface area contributed by atoms with Gasteiger partial charge in [-0.2, -0.15) is 0 Å². The van der Waals surface area contributed by atoms with Gasteiger partial charge in [-0.3, -0.25) is 14.7 Å². The number of piperidine rings is 1. The Kier molecular flexibility index (Phi) is 13.7. The van der Waals surface area contributed by atoms with Gasteiger partial charge in [-0.25, -0.2) is 0 Å². The van der Waals surface area contributed by atoms with Crippen molar-refractivity contribution in [2.45, 2.75) is 39.2 Å². The highest BCUT2D eigenvalue weighted by Crippen LogP contribution is 2.19. The number of nitrogens with zero attached hydrogens (tertiary/aromatic N) is 3. The van der Waals surface area contributed by atoms with Crippen molar-refractivity contribution < 1.29 is 4.79 Å². The molecule has 7 nitrogen and oxygen atoms in total. The Balaban J connectivity index is 0.00000480. The van der Waals surface area contributed by atoms with E-state index >= 15 is 0 Å². The number of benzene rings is 1. The molecule has 176 valence electrons. The number of amides is 1. The Morgan fingerprint density at radius 1 is 1.26 bits per heavy atom. The number of hydrogen-bond acceptors (Lipinski definition) is 4. The zero-order chi connectivity index (χ0) is 21.8. The molecular weight excluding hydrogens is 503 g/mol. The number of likely N-dealkylation sites (N-methyl/N-ethyl adjacent to an activating group) is 1. The number of nitrogens with two attached hydrogens (primary N) is 1. The molecule has 0 aromatic heterocycles. The molecule has 1 aliphatic rings. The highest BCUT2D eigenvalue weighted by Gasteiger charge is 2.23. The first-order chi connectivity index (χ1) is 14.6. The number of rotatable bonds is 11. The lowest BCUT2D eigenvalue weighted by atomic mass is 9.97. The molecular formula is C23H41IN6O. The summed E-state index contributed by atoms with van der Waals surface area (Å²) in [6.07, 6.45) is 2.98. The predicted octanol–water partition coefficient (Wildman–Crippen LogP) is 2.44. The molecule has 2 unspecified atom stereocenters. The predicted molar refractivity (Wildman–Crippen MR) is 140 cm³/mol. The van der Waals surface area contributed by atoms with Gasteiger partial charge in [0.2, 0.25) is 5.91 Å². The Bertz CT molecular complexity index is 653. The summed E-state index contributed by atoms with van der Waals surface area (Å²) in [6, 6.07) is 11.0. The van der Waals surface area contributed by atoms with E-state index in [9.17, 15) is 4.79 Å². The average molecular weight is 545 g/mol. The summed E-state index contributed by atoms with van der Waals surface area (Å²) in [5.41, 5.74) is 6.80. The molecule has 1 aromatic carbocycles. The van der Waals surface area contributed by atoms with Gasteiger partial charge < -0.3 is 21.3 Å². The van der Waals surface area contributed by atoms with Crippen LogP contribution in [0.25, 0.3) is 0 Å². The van der Waals surface area contributed by atoms with Crippen LogP contribution in [-0.2, 0) is 4.79 Å². The first-order valence-electron chi connectivity index (χ1n) is 11.3. The number of likely N-dealkylation sites (tertiary alicyclic amines) is 1. The lowest BCUT2D eigenvalue weighted by Crippen LogP contribution is -2.44. The van der Waals surface area contributed by atoms with Gasteiger partial charge in [0.1, 0.15) is 0 Å². The van der Waals surface area contributed by atoms with E-state index in [2.05, 4.69) is 69.6 Å². The Hall–Kier alpha value is -1.39. The van der Waals surface area contributed by atoms with Gasteiger partial charge >= 0.3 is 0 Å². The van der Waals surface area contributed by atoms with Gasteiger partial charge in [-0.15, -0.1) is 24.0 Å². The van der Waals surface area contributed by atoms with Crippen LogP contribution < -0.4 is 16.4 Å². The third-order valence-electron chi connectivity index (χ3n) is 5.98. The second-order valence-electron chi connectivity index (χ2n) is 7.92. The van der Waals surface area contributed by atoms with Crippen molar-refractivity contribution in [1.82, 2.24) is 20.4 Å². The van der Waals surface area contributed by atoms with Crippen LogP contribution >= 0.6 is 24.0 Å². The lowest BCUT2D eigenvalue weighted by Gasteiger charge is -2.31. The van der Waals surface area contributed by atoms with Crippen LogP contribution in [0.2, 0.25) is 0 Å². The van der Waals surface area contributed by atoms with E-state index in [4.69, 9.17) is 5.73 Å². The van der Waals surface area contributed by atoms with Crippen LogP contribution in [0.3, 0.4) is 0 Å². The van der Waals surface area contributed by atoms with E-state index in [0.29, 0.717) is 6.04 Å². The quantitative estimate of drug-likeness (QED) is 0.173. The van der Waals surface area contributed by atoms with Gasteiger partial charge in [-0.05, 0) is 51.0 Å². The van der Waals surface area contributed by atoms with Crippen molar-refractivity contribution in [3.63, 3.8) is 0 Å². The minimum absolute atomic E-state index is 0. The molecule has 0 saturated carbocycles. The topological polar surface area (TPSA) is 86.0 Å². The van der Waals surface area contributed by atoms with Crippen molar-refractivity contribution in [2.75, 3.05) is 52.9 Å². The summed E-state index contributed by atoms with van der Waals surface area (Å²) >= 11 is 0. The number of aliphatic imine (C=N–C) groups is 1. The minimum atomic E-state index is -0.163. The fourth-order valence-corrected chi connectivity index (χ4v) is 4.21. The first kappa shape index (κ1) is 27.6. The molecule has 0 bridgehead atoms. The van der Waals surface area contributed by atoms with Crippen molar-refractivity contribution in [2.24, 2.45) is 16.6 Å². The molecule has 1 saturated heterocycles. The zero-order valence-electron chi connectivity index (χ0n) is 19.3. The number of hydrogen-bond donors (Lipinski definition) is 3. The fourth-order valence-electron chi connectivity index (χ4n) is 4.21. The van der Waals surface area contributed by atoms with E-state index in [-0.39, 0.29) is 35.8 Å². The zero-order valence-corrected chi connectivity index (χ0v) is 21.7. The molecule has 31 heavy (non-hydrogen) atoms. The summed E-state index contributed by atoms with van der Waals surface area (Å²) in [5, 5.41) is 6.93. The largest absolute Gasteiger partial charge is 0.369 e. The minimum Gasteiger partial charge on any atom is -0.369 e. The van der Waals surface area contributed by atoms with Crippen molar-refractivity contribution in [3.8, 4) is 0 Å². The van der Waals surface area contributed by atoms with Crippen LogP contribution in [-0.4, -0.2) is 74.5 Å². The fraction of sp³-hybridized carbons (Fsp3) is 0.652. The molecule has 0 radical (unpaired) electrons. The number of primary amides is 1. The van der Waals surface area contributed by atoms with Crippen LogP contribution in [0.15, 0.2) is 35.3 Å². The summed E-state index contributed by atoms with van der Waals surface area (Å²) in [5.74, 6) is 0.677. The average Bonchev–Trinajstić information content (AvgIpc) is 2.78. The molecule has 8 heteroatoms. The molecule has 2 rings (SSSR count). The third-order valence-corrected chi connectivity index (χ3v) is 5.98. The monoisotopic (exact) mass is 544 g/mol. The Morgan fingerprint density at radius 3 is 2.58 bits per heavy atom. The van der Waals surface area contributed by atoms with Gasteiger partial charge in [0.25, 0.3) is 0 Å². The van der Waals surface area contributed by atoms with E-state index < -0.39 is 0 Å². The van der Waals surface area contributed by atoms with Crippen molar-refractivity contribution in [1.29, 1.82) is 0 Å². The van der Waals surface area contributed by atoms with E-state index in [0.717, 1.165) is 71.0 Å². The second-order valence-corrected chi connectivity index (χ2v) is 7.92.